The highest BCUT2D eigenvalue weighted by molar-refractivity contribution is 6.35. The van der Waals surface area contributed by atoms with Gasteiger partial charge in [0.25, 0.3) is 5.91 Å². The SMILES string of the molecule is CC1=NN(c2ccccc2)C(=O)[C@@]12O[C@H]2c1ccc(Cl)cc1Cl. The third-order valence-electron chi connectivity index (χ3n) is 4.16. The summed E-state index contributed by atoms with van der Waals surface area (Å²) >= 11 is 12.2. The Bertz CT molecular complexity index is 838. The maximum absolute atomic E-state index is 12.9. The van der Waals surface area contributed by atoms with Gasteiger partial charge in [-0.2, -0.15) is 10.1 Å². The van der Waals surface area contributed by atoms with Gasteiger partial charge in [-0.1, -0.05) is 47.5 Å². The highest BCUT2D eigenvalue weighted by atomic mass is 35.5. The zero-order valence-electron chi connectivity index (χ0n) is 12.2. The minimum atomic E-state index is -1.05. The summed E-state index contributed by atoms with van der Waals surface area (Å²) in [4.78, 5) is 12.9. The van der Waals surface area contributed by atoms with Crippen molar-refractivity contribution in [3.05, 3.63) is 64.1 Å². The standard InChI is InChI=1S/C17H12Cl2N2O2/c1-10-17(15(23-17)13-8-7-11(18)9-14(13)19)16(22)21(20-10)12-5-3-2-4-6-12/h2-9,15H,1H3/t15-,17+/m0/s1. The first-order chi connectivity index (χ1) is 11.0. The van der Waals surface area contributed by atoms with E-state index in [4.69, 9.17) is 27.9 Å². The van der Waals surface area contributed by atoms with Crippen LogP contribution in [-0.2, 0) is 9.53 Å². The van der Waals surface area contributed by atoms with Crippen molar-refractivity contribution in [2.45, 2.75) is 18.6 Å². The summed E-state index contributed by atoms with van der Waals surface area (Å²) in [5, 5.41) is 6.80. The average molecular weight is 347 g/mol. The zero-order chi connectivity index (χ0) is 16.2. The largest absolute Gasteiger partial charge is 0.344 e. The normalized spacial score (nSPS) is 25.9. The van der Waals surface area contributed by atoms with Crippen LogP contribution in [0.1, 0.15) is 18.6 Å². The molecule has 0 aliphatic carbocycles. The van der Waals surface area contributed by atoms with Gasteiger partial charge in [-0.25, -0.2) is 0 Å². The van der Waals surface area contributed by atoms with Crippen LogP contribution in [0, 0.1) is 0 Å². The number of anilines is 1. The van der Waals surface area contributed by atoms with Gasteiger partial charge in [0.15, 0.2) is 0 Å². The number of nitrogens with zero attached hydrogens (tertiary/aromatic N) is 2. The number of hydrogen-bond donors (Lipinski definition) is 0. The molecule has 2 aliphatic rings. The van der Waals surface area contributed by atoms with E-state index in [-0.39, 0.29) is 5.91 Å². The van der Waals surface area contributed by atoms with Gasteiger partial charge in [0.1, 0.15) is 6.10 Å². The molecule has 1 fully saturated rings. The van der Waals surface area contributed by atoms with E-state index in [9.17, 15) is 4.79 Å². The molecule has 4 nitrogen and oxygen atoms in total. The molecule has 116 valence electrons. The van der Waals surface area contributed by atoms with E-state index in [0.29, 0.717) is 21.4 Å². The second kappa shape index (κ2) is 5.06. The Labute approximate surface area is 143 Å². The molecule has 1 amide bonds. The van der Waals surface area contributed by atoms with Crippen LogP contribution in [-0.4, -0.2) is 17.2 Å². The van der Waals surface area contributed by atoms with Gasteiger partial charge in [-0.15, -0.1) is 0 Å². The second-order valence-corrected chi connectivity index (χ2v) is 6.38. The van der Waals surface area contributed by atoms with Gasteiger partial charge < -0.3 is 4.74 Å². The minimum absolute atomic E-state index is 0.197. The molecule has 6 heteroatoms. The number of benzene rings is 2. The van der Waals surface area contributed by atoms with Gasteiger partial charge in [0, 0.05) is 15.6 Å². The molecule has 0 bridgehead atoms. The monoisotopic (exact) mass is 346 g/mol. The Morgan fingerprint density at radius 2 is 1.91 bits per heavy atom. The Balaban J connectivity index is 1.69. The number of ether oxygens (including phenoxy) is 1. The molecular formula is C17H12Cl2N2O2. The predicted octanol–water partition coefficient (Wildman–Crippen LogP) is 4.23. The van der Waals surface area contributed by atoms with Gasteiger partial charge in [0.05, 0.1) is 11.4 Å². The number of halogens is 2. The van der Waals surface area contributed by atoms with Crippen molar-refractivity contribution in [3.63, 3.8) is 0 Å². The fourth-order valence-electron chi connectivity index (χ4n) is 2.91. The third kappa shape index (κ3) is 2.10. The van der Waals surface area contributed by atoms with E-state index in [1.165, 1.54) is 5.01 Å². The molecule has 1 saturated heterocycles. The van der Waals surface area contributed by atoms with Crippen molar-refractivity contribution in [1.82, 2.24) is 0 Å². The van der Waals surface area contributed by atoms with E-state index in [0.717, 1.165) is 5.56 Å². The molecule has 2 aromatic carbocycles. The van der Waals surface area contributed by atoms with E-state index in [1.807, 2.05) is 30.3 Å². The maximum Gasteiger partial charge on any atom is 0.288 e. The van der Waals surface area contributed by atoms with Crippen molar-refractivity contribution in [2.75, 3.05) is 5.01 Å². The molecule has 1 spiro atoms. The van der Waals surface area contributed by atoms with Crippen molar-refractivity contribution < 1.29 is 9.53 Å². The summed E-state index contributed by atoms with van der Waals surface area (Å²) in [6, 6.07) is 14.4. The highest BCUT2D eigenvalue weighted by Gasteiger charge is 2.70. The van der Waals surface area contributed by atoms with Gasteiger partial charge in [-0.05, 0) is 31.2 Å². The van der Waals surface area contributed by atoms with Crippen LogP contribution in [0.15, 0.2) is 53.6 Å². The maximum atomic E-state index is 12.9. The first kappa shape index (κ1) is 14.7. The second-order valence-electron chi connectivity index (χ2n) is 5.54. The molecule has 2 aliphatic heterocycles. The van der Waals surface area contributed by atoms with E-state index in [2.05, 4.69) is 5.10 Å². The molecular weight excluding hydrogens is 335 g/mol. The fourth-order valence-corrected chi connectivity index (χ4v) is 3.42. The Kier molecular flexibility index (Phi) is 3.23. The van der Waals surface area contributed by atoms with Crippen LogP contribution in [0.25, 0.3) is 0 Å². The molecule has 2 atom stereocenters. The lowest BCUT2D eigenvalue weighted by molar-refractivity contribution is -0.120. The molecule has 0 unspecified atom stereocenters. The van der Waals surface area contributed by atoms with E-state index >= 15 is 0 Å². The number of amides is 1. The third-order valence-corrected chi connectivity index (χ3v) is 4.72. The number of epoxide rings is 1. The highest BCUT2D eigenvalue weighted by Crippen LogP contribution is 2.56. The summed E-state index contributed by atoms with van der Waals surface area (Å²) < 4.78 is 5.80. The lowest BCUT2D eigenvalue weighted by Crippen LogP contribution is -2.35. The quantitative estimate of drug-likeness (QED) is 0.764. The number of carbonyl (C=O) groups is 1. The molecule has 0 saturated carbocycles. The predicted molar refractivity (Wildman–Crippen MR) is 90.1 cm³/mol. The van der Waals surface area contributed by atoms with Crippen LogP contribution < -0.4 is 5.01 Å². The van der Waals surface area contributed by atoms with Gasteiger partial charge >= 0.3 is 0 Å². The smallest absolute Gasteiger partial charge is 0.288 e. The molecule has 4 rings (SSSR count). The van der Waals surface area contributed by atoms with Crippen LogP contribution >= 0.6 is 23.2 Å². The topological polar surface area (TPSA) is 45.2 Å². The van der Waals surface area contributed by atoms with Crippen molar-refractivity contribution >= 4 is 40.5 Å². The van der Waals surface area contributed by atoms with Gasteiger partial charge in [0.2, 0.25) is 5.60 Å². The number of hydrazone groups is 1. The molecule has 0 radical (unpaired) electrons. The van der Waals surface area contributed by atoms with Crippen LogP contribution in [0.5, 0.6) is 0 Å². The van der Waals surface area contributed by atoms with E-state index < -0.39 is 11.7 Å². The summed E-state index contributed by atoms with van der Waals surface area (Å²) in [5.74, 6) is -0.197. The molecule has 0 N–H and O–H groups in total. The summed E-state index contributed by atoms with van der Waals surface area (Å²) in [6.45, 7) is 1.80. The van der Waals surface area contributed by atoms with E-state index in [1.54, 1.807) is 25.1 Å². The Morgan fingerprint density at radius 3 is 2.61 bits per heavy atom. The average Bonchev–Trinajstić information content (AvgIpc) is 3.23. The first-order valence-corrected chi connectivity index (χ1v) is 7.87. The number of hydrogen-bond acceptors (Lipinski definition) is 3. The molecule has 2 aromatic rings. The van der Waals surface area contributed by atoms with Crippen molar-refractivity contribution in [3.8, 4) is 0 Å². The fraction of sp³-hybridized carbons (Fsp3) is 0.176. The van der Waals surface area contributed by atoms with Crippen molar-refractivity contribution in [2.24, 2.45) is 5.10 Å². The Morgan fingerprint density at radius 1 is 1.17 bits per heavy atom. The minimum Gasteiger partial charge on any atom is -0.344 e. The summed E-state index contributed by atoms with van der Waals surface area (Å²) in [6.07, 6.45) is -0.433. The van der Waals surface area contributed by atoms with Crippen LogP contribution in [0.4, 0.5) is 5.69 Å². The zero-order valence-corrected chi connectivity index (χ0v) is 13.7. The number of rotatable bonds is 2. The summed E-state index contributed by atoms with van der Waals surface area (Å²) in [7, 11) is 0. The Hall–Kier alpha value is -1.88. The first-order valence-electron chi connectivity index (χ1n) is 7.12. The van der Waals surface area contributed by atoms with Crippen LogP contribution in [0.3, 0.4) is 0 Å². The van der Waals surface area contributed by atoms with Crippen molar-refractivity contribution in [1.29, 1.82) is 0 Å². The van der Waals surface area contributed by atoms with Crippen LogP contribution in [0.2, 0.25) is 10.0 Å². The molecule has 0 aromatic heterocycles. The lowest BCUT2D eigenvalue weighted by Gasteiger charge is -2.12. The molecule has 23 heavy (non-hydrogen) atoms. The van der Waals surface area contributed by atoms with Gasteiger partial charge in [-0.3, -0.25) is 4.79 Å². The molecule has 2 heterocycles. The summed E-state index contributed by atoms with van der Waals surface area (Å²) in [5.41, 5.74) is 1.04. The lowest BCUT2D eigenvalue weighted by atomic mass is 9.95. The number of para-hydroxylation sites is 1. The number of carbonyl (C=O) groups excluding carboxylic acids is 1.